The number of nitrogens with zero attached hydrogens (tertiary/aromatic N) is 5. The smallest absolute Gasteiger partial charge is 0.294 e. The zero-order valence-corrected chi connectivity index (χ0v) is 19.3. The Kier molecular flexibility index (Phi) is 6.14. The Hall–Kier alpha value is -3.47. The van der Waals surface area contributed by atoms with E-state index in [1.54, 1.807) is 0 Å². The molecule has 3 aromatic rings. The number of aryl methyl sites for hydroxylation is 1. The van der Waals surface area contributed by atoms with Gasteiger partial charge in [-0.15, -0.1) is 0 Å². The number of halogens is 9. The summed E-state index contributed by atoms with van der Waals surface area (Å²) >= 11 is 6.12. The zero-order valence-electron chi connectivity index (χ0n) is 18.6. The lowest BCUT2D eigenvalue weighted by Gasteiger charge is -2.19. The maximum atomic E-state index is 13.9. The van der Waals surface area contributed by atoms with Gasteiger partial charge in [-0.05, 0) is 30.5 Å². The van der Waals surface area contributed by atoms with Crippen molar-refractivity contribution in [1.29, 1.82) is 5.26 Å². The van der Waals surface area contributed by atoms with Crippen molar-refractivity contribution in [3.63, 3.8) is 0 Å². The van der Waals surface area contributed by atoms with Crippen molar-refractivity contribution >= 4 is 17.4 Å². The second-order valence-corrected chi connectivity index (χ2v) is 9.01. The third-order valence-electron chi connectivity index (χ3n) is 5.94. The van der Waals surface area contributed by atoms with Crippen LogP contribution in [0.15, 0.2) is 30.6 Å². The molecule has 4 rings (SSSR count). The van der Waals surface area contributed by atoms with E-state index >= 15 is 0 Å². The molecule has 37 heavy (non-hydrogen) atoms. The van der Waals surface area contributed by atoms with Crippen molar-refractivity contribution < 1.29 is 39.9 Å². The number of ketones is 1. The Morgan fingerprint density at radius 2 is 1.78 bits per heavy atom. The molecule has 1 aromatic carbocycles. The summed E-state index contributed by atoms with van der Waals surface area (Å²) in [6.45, 7) is 0. The molecule has 6 nitrogen and oxygen atoms in total. The summed E-state index contributed by atoms with van der Waals surface area (Å²) in [6, 6.07) is 6.17. The predicted octanol–water partition coefficient (Wildman–Crippen LogP) is 6.48. The first-order valence-corrected chi connectivity index (χ1v) is 10.8. The summed E-state index contributed by atoms with van der Waals surface area (Å²) in [4.78, 5) is 12.7. The molecule has 0 bridgehead atoms. The van der Waals surface area contributed by atoms with Crippen LogP contribution in [0.2, 0.25) is 5.02 Å². The molecule has 0 N–H and O–H groups in total. The van der Waals surface area contributed by atoms with Crippen LogP contribution in [-0.2, 0) is 19.1 Å². The van der Waals surface area contributed by atoms with Crippen LogP contribution >= 0.6 is 11.6 Å². The maximum Gasteiger partial charge on any atom is 0.459 e. The SMILES string of the molecule is Cn1nc(C(F)(F)C(F)(F)F)c(C(F)(F)F)c1-n1cc(-c2ccc(Cl)c(C(=O)CC3(C#N)CC3)c2)cn1. The van der Waals surface area contributed by atoms with Crippen LogP contribution in [0.3, 0.4) is 0 Å². The fourth-order valence-electron chi connectivity index (χ4n) is 3.78. The lowest BCUT2D eigenvalue weighted by atomic mass is 9.95. The first-order chi connectivity index (χ1) is 17.0. The number of Topliss-reactive ketones (excluding diaryl/α,β-unsaturated/α-hetero) is 1. The van der Waals surface area contributed by atoms with Gasteiger partial charge in [0.1, 0.15) is 5.56 Å². The molecule has 0 atom stereocenters. The number of hydrogen-bond donors (Lipinski definition) is 0. The van der Waals surface area contributed by atoms with Crippen molar-refractivity contribution in [3.8, 4) is 23.0 Å². The summed E-state index contributed by atoms with van der Waals surface area (Å²) in [5.41, 5.74) is -5.16. The number of carbonyl (C=O) groups excluding carboxylic acids is 1. The summed E-state index contributed by atoms with van der Waals surface area (Å²) in [5, 5.41) is 15.8. The second-order valence-electron chi connectivity index (χ2n) is 8.60. The minimum atomic E-state index is -6.33. The van der Waals surface area contributed by atoms with Crippen LogP contribution in [0, 0.1) is 16.7 Å². The molecule has 0 spiro atoms. The van der Waals surface area contributed by atoms with Crippen LogP contribution in [0.4, 0.5) is 35.1 Å². The van der Waals surface area contributed by atoms with Gasteiger partial charge in [0.2, 0.25) is 0 Å². The fraction of sp³-hybridized carbons (Fsp3) is 0.364. The average Bonchev–Trinajstić information content (AvgIpc) is 3.21. The van der Waals surface area contributed by atoms with Crippen molar-refractivity contribution in [2.24, 2.45) is 12.5 Å². The normalized spacial score (nSPS) is 15.5. The molecule has 1 saturated carbocycles. The molecule has 2 heterocycles. The summed E-state index contributed by atoms with van der Waals surface area (Å²) in [6.07, 6.45) is -8.95. The highest BCUT2D eigenvalue weighted by Gasteiger charge is 2.64. The molecule has 1 aliphatic carbocycles. The Labute approximate surface area is 208 Å². The highest BCUT2D eigenvalue weighted by atomic mass is 35.5. The lowest BCUT2D eigenvalue weighted by molar-refractivity contribution is -0.292. The number of carbonyl (C=O) groups is 1. The molecule has 0 unspecified atom stereocenters. The largest absolute Gasteiger partial charge is 0.459 e. The Morgan fingerprint density at radius 3 is 2.32 bits per heavy atom. The van der Waals surface area contributed by atoms with Crippen LogP contribution in [0.5, 0.6) is 0 Å². The first kappa shape index (κ1) is 26.6. The van der Waals surface area contributed by atoms with Crippen molar-refractivity contribution in [2.45, 2.75) is 37.5 Å². The van der Waals surface area contributed by atoms with Gasteiger partial charge in [-0.1, -0.05) is 17.7 Å². The zero-order chi connectivity index (χ0) is 27.6. The van der Waals surface area contributed by atoms with E-state index in [0.717, 1.165) is 19.4 Å². The monoisotopic (exact) mass is 551 g/mol. The Bertz CT molecular complexity index is 1430. The minimum absolute atomic E-state index is 0.0528. The first-order valence-electron chi connectivity index (χ1n) is 10.4. The van der Waals surface area contributed by atoms with E-state index < -0.39 is 46.5 Å². The highest BCUT2D eigenvalue weighted by molar-refractivity contribution is 6.34. The van der Waals surface area contributed by atoms with E-state index in [0.29, 0.717) is 17.5 Å². The fourth-order valence-corrected chi connectivity index (χ4v) is 4.00. The highest BCUT2D eigenvalue weighted by Crippen LogP contribution is 2.50. The van der Waals surface area contributed by atoms with Crippen LogP contribution in [-0.4, -0.2) is 31.5 Å². The number of alkyl halides is 8. The third kappa shape index (κ3) is 4.68. The lowest BCUT2D eigenvalue weighted by Crippen LogP contribution is -2.36. The standard InChI is InChI=1S/C22H14ClF8N5O/c1-35-18(16(21(26,27)28)17(34-35)20(24,25)22(29,30)31)36-9-12(8-33-36)11-2-3-14(23)13(6-11)15(37)7-19(10-32)4-5-19/h2-3,6,8-9H,4-5,7H2,1H3. The Morgan fingerprint density at radius 1 is 1.14 bits per heavy atom. The van der Waals surface area contributed by atoms with Gasteiger partial charge in [-0.25, -0.2) is 9.36 Å². The van der Waals surface area contributed by atoms with Gasteiger partial charge in [0.25, 0.3) is 0 Å². The summed E-state index contributed by atoms with van der Waals surface area (Å²) in [5.74, 6) is -7.49. The van der Waals surface area contributed by atoms with E-state index in [9.17, 15) is 45.2 Å². The number of hydrogen-bond acceptors (Lipinski definition) is 4. The molecule has 1 fully saturated rings. The van der Waals surface area contributed by atoms with E-state index in [-0.39, 0.29) is 32.8 Å². The summed E-state index contributed by atoms with van der Waals surface area (Å²) in [7, 11) is 0.768. The minimum Gasteiger partial charge on any atom is -0.294 e. The summed E-state index contributed by atoms with van der Waals surface area (Å²) < 4.78 is 108. The number of rotatable bonds is 6. The molecule has 15 heteroatoms. The Balaban J connectivity index is 1.77. The van der Waals surface area contributed by atoms with Crippen LogP contribution < -0.4 is 0 Å². The van der Waals surface area contributed by atoms with Gasteiger partial charge in [-0.2, -0.15) is 50.6 Å². The molecule has 0 saturated heterocycles. The molecular formula is C22H14ClF8N5O. The van der Waals surface area contributed by atoms with Crippen molar-refractivity contribution in [3.05, 3.63) is 52.4 Å². The molecule has 1 aliphatic rings. The van der Waals surface area contributed by atoms with Gasteiger partial charge in [0, 0.05) is 30.8 Å². The van der Waals surface area contributed by atoms with Gasteiger partial charge < -0.3 is 0 Å². The van der Waals surface area contributed by atoms with Crippen LogP contribution in [0.25, 0.3) is 16.9 Å². The maximum absolute atomic E-state index is 13.9. The topological polar surface area (TPSA) is 76.5 Å². The molecule has 2 aromatic heterocycles. The number of benzene rings is 1. The molecular weight excluding hydrogens is 538 g/mol. The van der Waals surface area contributed by atoms with Gasteiger partial charge >= 0.3 is 18.3 Å². The van der Waals surface area contributed by atoms with E-state index in [4.69, 9.17) is 11.6 Å². The third-order valence-corrected chi connectivity index (χ3v) is 6.27. The van der Waals surface area contributed by atoms with Crippen molar-refractivity contribution in [1.82, 2.24) is 19.6 Å². The molecule has 0 aliphatic heterocycles. The number of nitriles is 1. The van der Waals surface area contributed by atoms with E-state index in [1.807, 2.05) is 0 Å². The number of aromatic nitrogens is 4. The molecule has 196 valence electrons. The van der Waals surface area contributed by atoms with Crippen molar-refractivity contribution in [2.75, 3.05) is 0 Å². The predicted molar refractivity (Wildman–Crippen MR) is 112 cm³/mol. The van der Waals surface area contributed by atoms with Gasteiger partial charge in [-0.3, -0.25) is 4.79 Å². The van der Waals surface area contributed by atoms with Gasteiger partial charge in [0.05, 0.1) is 22.7 Å². The van der Waals surface area contributed by atoms with Gasteiger partial charge in [0.15, 0.2) is 17.3 Å². The van der Waals surface area contributed by atoms with Crippen LogP contribution in [0.1, 0.15) is 40.9 Å². The van der Waals surface area contributed by atoms with E-state index in [2.05, 4.69) is 16.3 Å². The second kappa shape index (κ2) is 8.54. The molecule has 0 amide bonds. The average molecular weight is 552 g/mol. The quantitative estimate of drug-likeness (QED) is 0.260. The van der Waals surface area contributed by atoms with E-state index in [1.165, 1.54) is 18.2 Å². The molecule has 0 radical (unpaired) electrons.